The lowest BCUT2D eigenvalue weighted by atomic mass is 10.1. The maximum Gasteiger partial charge on any atom is 0.238 e. The average molecular weight is 331 g/mol. The minimum atomic E-state index is 0.00805. The van der Waals surface area contributed by atoms with Gasteiger partial charge >= 0.3 is 0 Å². The molecule has 0 saturated carbocycles. The highest BCUT2D eigenvalue weighted by molar-refractivity contribution is 5.93. The molecule has 1 saturated heterocycles. The van der Waals surface area contributed by atoms with Crippen LogP contribution in [0.2, 0.25) is 0 Å². The predicted molar refractivity (Wildman–Crippen MR) is 97.1 cm³/mol. The van der Waals surface area contributed by atoms with Crippen LogP contribution >= 0.6 is 0 Å². The number of carbonyl (C=O) groups is 2. The van der Waals surface area contributed by atoms with E-state index in [9.17, 15) is 9.59 Å². The summed E-state index contributed by atoms with van der Waals surface area (Å²) in [5.74, 6) is 0.242. The molecule has 0 atom stereocenters. The number of aryl methyl sites for hydroxylation is 3. The fraction of sp³-hybridized carbons (Fsp3) is 0.579. The molecule has 1 aromatic rings. The van der Waals surface area contributed by atoms with E-state index in [4.69, 9.17) is 0 Å². The highest BCUT2D eigenvalue weighted by Gasteiger charge is 2.24. The van der Waals surface area contributed by atoms with Crippen LogP contribution in [0.15, 0.2) is 12.1 Å². The molecule has 0 aromatic heterocycles. The lowest BCUT2D eigenvalue weighted by molar-refractivity contribution is -0.136. The number of nitrogens with one attached hydrogen (secondary N) is 1. The van der Waals surface area contributed by atoms with Crippen molar-refractivity contribution in [1.82, 2.24) is 9.80 Å². The van der Waals surface area contributed by atoms with Crippen molar-refractivity contribution in [3.63, 3.8) is 0 Å². The maximum atomic E-state index is 12.4. The molecule has 0 aliphatic carbocycles. The standard InChI is InChI=1S/C19H29N3O2/c1-13(2)19(24)22-8-6-21(7-9-22)12-17(23)20-18-15(4)10-14(3)11-16(18)5/h10-11,13H,6-9,12H2,1-5H3,(H,20,23). The van der Waals surface area contributed by atoms with E-state index in [1.807, 2.05) is 32.6 Å². The molecule has 5 heteroatoms. The van der Waals surface area contributed by atoms with Crippen LogP contribution in [0.4, 0.5) is 5.69 Å². The van der Waals surface area contributed by atoms with Crippen molar-refractivity contribution in [1.29, 1.82) is 0 Å². The summed E-state index contributed by atoms with van der Waals surface area (Å²) >= 11 is 0. The summed E-state index contributed by atoms with van der Waals surface area (Å²) in [6.45, 7) is 13.2. The minimum Gasteiger partial charge on any atom is -0.340 e. The Balaban J connectivity index is 1.87. The van der Waals surface area contributed by atoms with E-state index in [2.05, 4.69) is 29.3 Å². The number of hydrogen-bond donors (Lipinski definition) is 1. The molecule has 1 fully saturated rings. The first-order valence-corrected chi connectivity index (χ1v) is 8.66. The van der Waals surface area contributed by atoms with Crippen LogP contribution in [0.3, 0.4) is 0 Å². The zero-order chi connectivity index (χ0) is 17.9. The van der Waals surface area contributed by atoms with Gasteiger partial charge in [-0.2, -0.15) is 0 Å². The zero-order valence-corrected chi connectivity index (χ0v) is 15.5. The summed E-state index contributed by atoms with van der Waals surface area (Å²) in [4.78, 5) is 28.4. The van der Waals surface area contributed by atoms with Crippen LogP contribution < -0.4 is 5.32 Å². The fourth-order valence-electron chi connectivity index (χ4n) is 3.25. The summed E-state index contributed by atoms with van der Waals surface area (Å²) in [6, 6.07) is 4.16. The molecule has 0 radical (unpaired) electrons. The Morgan fingerprint density at radius 2 is 1.58 bits per heavy atom. The molecule has 0 spiro atoms. The van der Waals surface area contributed by atoms with E-state index in [1.54, 1.807) is 0 Å². The van der Waals surface area contributed by atoms with Crippen molar-refractivity contribution >= 4 is 17.5 Å². The van der Waals surface area contributed by atoms with Crippen LogP contribution in [-0.4, -0.2) is 54.3 Å². The monoisotopic (exact) mass is 331 g/mol. The lowest BCUT2D eigenvalue weighted by Gasteiger charge is -2.35. The topological polar surface area (TPSA) is 52.7 Å². The molecule has 1 heterocycles. The van der Waals surface area contributed by atoms with Crippen molar-refractivity contribution in [3.05, 3.63) is 28.8 Å². The number of hydrogen-bond acceptors (Lipinski definition) is 3. The van der Waals surface area contributed by atoms with Crippen LogP contribution in [0.25, 0.3) is 0 Å². The van der Waals surface area contributed by atoms with Crippen molar-refractivity contribution in [2.24, 2.45) is 5.92 Å². The Labute approximate surface area is 145 Å². The van der Waals surface area contributed by atoms with Gasteiger partial charge in [0.2, 0.25) is 11.8 Å². The van der Waals surface area contributed by atoms with Gasteiger partial charge in [0.05, 0.1) is 6.54 Å². The van der Waals surface area contributed by atoms with Crippen molar-refractivity contribution in [2.45, 2.75) is 34.6 Å². The lowest BCUT2D eigenvalue weighted by Crippen LogP contribution is -2.51. The first kappa shape index (κ1) is 18.5. The number of rotatable bonds is 4. The maximum absolute atomic E-state index is 12.4. The van der Waals surface area contributed by atoms with Gasteiger partial charge in [-0.1, -0.05) is 31.5 Å². The number of anilines is 1. The molecule has 0 unspecified atom stereocenters. The van der Waals surface area contributed by atoms with E-state index in [-0.39, 0.29) is 17.7 Å². The molecule has 1 aliphatic heterocycles. The third-order valence-electron chi connectivity index (χ3n) is 4.49. The number of benzene rings is 1. The molecule has 1 aliphatic rings. The normalized spacial score (nSPS) is 15.7. The van der Waals surface area contributed by atoms with Crippen LogP contribution in [-0.2, 0) is 9.59 Å². The van der Waals surface area contributed by atoms with Gasteiger partial charge < -0.3 is 10.2 Å². The Hall–Kier alpha value is -1.88. The number of carbonyl (C=O) groups excluding carboxylic acids is 2. The zero-order valence-electron chi connectivity index (χ0n) is 15.5. The molecule has 2 amide bonds. The molecule has 1 aromatic carbocycles. The Morgan fingerprint density at radius 1 is 1.04 bits per heavy atom. The highest BCUT2D eigenvalue weighted by atomic mass is 16.2. The first-order valence-electron chi connectivity index (χ1n) is 8.66. The first-order chi connectivity index (χ1) is 11.3. The number of piperazine rings is 1. The van der Waals surface area contributed by atoms with Gasteiger partial charge in [-0.25, -0.2) is 0 Å². The Bertz CT molecular complexity index is 594. The van der Waals surface area contributed by atoms with Crippen molar-refractivity contribution < 1.29 is 9.59 Å². The SMILES string of the molecule is Cc1cc(C)c(NC(=O)CN2CCN(C(=O)C(C)C)CC2)c(C)c1. The van der Waals surface area contributed by atoms with E-state index in [1.165, 1.54) is 5.56 Å². The molecule has 1 N–H and O–H groups in total. The largest absolute Gasteiger partial charge is 0.340 e. The van der Waals surface area contributed by atoms with E-state index < -0.39 is 0 Å². The predicted octanol–water partition coefficient (Wildman–Crippen LogP) is 2.35. The molecule has 2 rings (SSSR count). The van der Waals surface area contributed by atoms with E-state index in [0.717, 1.165) is 29.9 Å². The second-order valence-electron chi connectivity index (χ2n) is 7.08. The van der Waals surface area contributed by atoms with Gasteiger partial charge in [0.25, 0.3) is 0 Å². The third-order valence-corrected chi connectivity index (χ3v) is 4.49. The van der Waals surface area contributed by atoms with Gasteiger partial charge in [0, 0.05) is 37.8 Å². The van der Waals surface area contributed by atoms with Crippen molar-refractivity contribution in [3.8, 4) is 0 Å². The van der Waals surface area contributed by atoms with E-state index >= 15 is 0 Å². The summed E-state index contributed by atoms with van der Waals surface area (Å²) in [5.41, 5.74) is 4.30. The highest BCUT2D eigenvalue weighted by Crippen LogP contribution is 2.21. The Kier molecular flexibility index (Phi) is 5.99. The quantitative estimate of drug-likeness (QED) is 0.921. The summed E-state index contributed by atoms with van der Waals surface area (Å²) < 4.78 is 0. The minimum absolute atomic E-state index is 0.00805. The second kappa shape index (κ2) is 7.79. The Morgan fingerprint density at radius 3 is 2.08 bits per heavy atom. The van der Waals surface area contributed by atoms with Gasteiger partial charge in [-0.3, -0.25) is 14.5 Å². The number of amides is 2. The van der Waals surface area contributed by atoms with Gasteiger partial charge in [0.15, 0.2) is 0 Å². The van der Waals surface area contributed by atoms with Crippen LogP contribution in [0.1, 0.15) is 30.5 Å². The summed E-state index contributed by atoms with van der Waals surface area (Å²) in [7, 11) is 0. The molecule has 24 heavy (non-hydrogen) atoms. The molecule has 5 nitrogen and oxygen atoms in total. The smallest absolute Gasteiger partial charge is 0.238 e. The molecule has 0 bridgehead atoms. The number of nitrogens with zero attached hydrogens (tertiary/aromatic N) is 2. The molecular formula is C19H29N3O2. The third kappa shape index (κ3) is 4.57. The van der Waals surface area contributed by atoms with E-state index in [0.29, 0.717) is 19.6 Å². The van der Waals surface area contributed by atoms with Gasteiger partial charge in [-0.05, 0) is 31.9 Å². The second-order valence-corrected chi connectivity index (χ2v) is 7.08. The van der Waals surface area contributed by atoms with Gasteiger partial charge in [0.1, 0.15) is 0 Å². The molecular weight excluding hydrogens is 302 g/mol. The summed E-state index contributed by atoms with van der Waals surface area (Å²) in [5, 5.41) is 3.04. The van der Waals surface area contributed by atoms with Crippen LogP contribution in [0.5, 0.6) is 0 Å². The fourth-order valence-corrected chi connectivity index (χ4v) is 3.25. The van der Waals surface area contributed by atoms with Crippen molar-refractivity contribution in [2.75, 3.05) is 38.0 Å². The van der Waals surface area contributed by atoms with Crippen LogP contribution in [0, 0.1) is 26.7 Å². The average Bonchev–Trinajstić information content (AvgIpc) is 2.50. The summed E-state index contributed by atoms with van der Waals surface area (Å²) in [6.07, 6.45) is 0. The van der Waals surface area contributed by atoms with Gasteiger partial charge in [-0.15, -0.1) is 0 Å². The molecule has 132 valence electrons.